The SMILES string of the molecule is CC\C=C/C=C\C=C/C=C\CCCCCCCC(=O)OCC(COC(=O)CCCCCCCCCCCCC)OC(=O)CCCCCCCCCCCCCCCCC. The van der Waals surface area contributed by atoms with Gasteiger partial charge in [-0.1, -0.05) is 243 Å². The van der Waals surface area contributed by atoms with Crippen LogP contribution in [0.1, 0.15) is 252 Å². The summed E-state index contributed by atoms with van der Waals surface area (Å²) in [5.41, 5.74) is 0. The fourth-order valence-corrected chi connectivity index (χ4v) is 7.16. The largest absolute Gasteiger partial charge is 0.462 e. The van der Waals surface area contributed by atoms with Crippen molar-refractivity contribution in [1.29, 1.82) is 0 Å². The van der Waals surface area contributed by atoms with Crippen LogP contribution in [0.25, 0.3) is 0 Å². The first-order chi connectivity index (χ1) is 29.0. The van der Waals surface area contributed by atoms with Gasteiger partial charge in [-0.05, 0) is 38.5 Å². The Balaban J connectivity index is 4.38. The Morgan fingerprint density at radius 2 is 0.661 bits per heavy atom. The maximum absolute atomic E-state index is 12.8. The van der Waals surface area contributed by atoms with Crippen LogP contribution in [-0.4, -0.2) is 37.2 Å². The highest BCUT2D eigenvalue weighted by atomic mass is 16.6. The van der Waals surface area contributed by atoms with Crippen molar-refractivity contribution in [2.24, 2.45) is 0 Å². The van der Waals surface area contributed by atoms with Crippen molar-refractivity contribution in [3.63, 3.8) is 0 Å². The molecule has 0 amide bonds. The van der Waals surface area contributed by atoms with E-state index >= 15 is 0 Å². The van der Waals surface area contributed by atoms with Gasteiger partial charge in [0.15, 0.2) is 6.10 Å². The molecule has 0 aliphatic rings. The molecule has 0 aromatic carbocycles. The Kier molecular flexibility index (Phi) is 45.9. The average molecular weight is 827 g/mol. The molecule has 0 bridgehead atoms. The minimum absolute atomic E-state index is 0.0774. The van der Waals surface area contributed by atoms with E-state index in [0.29, 0.717) is 19.3 Å². The van der Waals surface area contributed by atoms with Crippen LogP contribution in [0.15, 0.2) is 48.6 Å². The van der Waals surface area contributed by atoms with Crippen molar-refractivity contribution in [2.75, 3.05) is 13.2 Å². The van der Waals surface area contributed by atoms with E-state index in [-0.39, 0.29) is 31.1 Å². The summed E-state index contributed by atoms with van der Waals surface area (Å²) in [6, 6.07) is 0. The van der Waals surface area contributed by atoms with Gasteiger partial charge < -0.3 is 14.2 Å². The average Bonchev–Trinajstić information content (AvgIpc) is 3.23. The first-order valence-corrected chi connectivity index (χ1v) is 25.2. The van der Waals surface area contributed by atoms with E-state index in [4.69, 9.17) is 14.2 Å². The summed E-state index contributed by atoms with van der Waals surface area (Å²) < 4.78 is 16.8. The molecule has 1 unspecified atom stereocenters. The first kappa shape index (κ1) is 56.4. The maximum atomic E-state index is 12.8. The zero-order chi connectivity index (χ0) is 43.0. The number of carbonyl (C=O) groups is 3. The van der Waals surface area contributed by atoms with E-state index in [2.05, 4.69) is 51.2 Å². The van der Waals surface area contributed by atoms with Gasteiger partial charge in [0.25, 0.3) is 0 Å². The number of allylic oxidation sites excluding steroid dienone is 8. The summed E-state index contributed by atoms with van der Waals surface area (Å²) in [4.78, 5) is 37.9. The van der Waals surface area contributed by atoms with Crippen LogP contribution >= 0.6 is 0 Å². The Morgan fingerprint density at radius 1 is 0.356 bits per heavy atom. The lowest BCUT2D eigenvalue weighted by Crippen LogP contribution is -2.30. The maximum Gasteiger partial charge on any atom is 0.306 e. The van der Waals surface area contributed by atoms with Crippen LogP contribution in [0.3, 0.4) is 0 Å². The molecule has 0 radical (unpaired) electrons. The van der Waals surface area contributed by atoms with Gasteiger partial charge in [-0.3, -0.25) is 14.4 Å². The lowest BCUT2D eigenvalue weighted by Gasteiger charge is -2.18. The van der Waals surface area contributed by atoms with Gasteiger partial charge in [0.2, 0.25) is 0 Å². The summed E-state index contributed by atoms with van der Waals surface area (Å²) in [5, 5.41) is 0. The second-order valence-corrected chi connectivity index (χ2v) is 16.8. The topological polar surface area (TPSA) is 78.9 Å². The van der Waals surface area contributed by atoms with Crippen LogP contribution in [0.2, 0.25) is 0 Å². The number of ether oxygens (including phenoxy) is 3. The summed E-state index contributed by atoms with van der Waals surface area (Å²) >= 11 is 0. The van der Waals surface area contributed by atoms with E-state index in [1.807, 2.05) is 18.2 Å². The molecule has 0 aromatic rings. The van der Waals surface area contributed by atoms with Gasteiger partial charge in [0.05, 0.1) is 0 Å². The quantitative estimate of drug-likeness (QED) is 0.0263. The molecule has 0 fully saturated rings. The Labute approximate surface area is 365 Å². The smallest absolute Gasteiger partial charge is 0.306 e. The monoisotopic (exact) mass is 827 g/mol. The normalized spacial score (nSPS) is 12.4. The zero-order valence-electron chi connectivity index (χ0n) is 39.0. The lowest BCUT2D eigenvalue weighted by molar-refractivity contribution is -0.167. The molecule has 6 heteroatoms. The molecule has 0 aliphatic carbocycles. The third kappa shape index (κ3) is 46.3. The predicted octanol–water partition coefficient (Wildman–Crippen LogP) is 16.3. The minimum Gasteiger partial charge on any atom is -0.462 e. The van der Waals surface area contributed by atoms with Crippen LogP contribution in [0.5, 0.6) is 0 Å². The van der Waals surface area contributed by atoms with Crippen molar-refractivity contribution >= 4 is 17.9 Å². The Hall–Kier alpha value is -2.63. The molecule has 59 heavy (non-hydrogen) atoms. The highest BCUT2D eigenvalue weighted by Gasteiger charge is 2.19. The molecule has 0 N–H and O–H groups in total. The number of unbranched alkanes of at least 4 members (excludes halogenated alkanes) is 29. The van der Waals surface area contributed by atoms with Crippen LogP contribution in [0, 0.1) is 0 Å². The van der Waals surface area contributed by atoms with E-state index in [1.165, 1.54) is 128 Å². The van der Waals surface area contributed by atoms with Crippen molar-refractivity contribution in [3.8, 4) is 0 Å². The highest BCUT2D eigenvalue weighted by Crippen LogP contribution is 2.16. The molecule has 0 heterocycles. The van der Waals surface area contributed by atoms with Crippen molar-refractivity contribution in [1.82, 2.24) is 0 Å². The molecular formula is C53H94O6. The standard InChI is InChI=1S/C53H94O6/c1-4-7-10-13-16-19-22-24-26-28-31-34-37-40-43-46-52(55)58-49-50(48-57-51(54)45-42-39-36-33-30-21-18-15-12-9-6-3)59-53(56)47-44-41-38-35-32-29-27-25-23-20-17-14-11-8-5-2/h7,10,13,16,19,22,24,26,50H,4-6,8-9,11-12,14-15,17-18,20-21,23,25,27-49H2,1-3H3/b10-7-,16-13-,22-19-,26-24-. The van der Waals surface area contributed by atoms with Crippen LogP contribution in [0.4, 0.5) is 0 Å². The summed E-state index contributed by atoms with van der Waals surface area (Å²) in [5.74, 6) is -0.894. The fourth-order valence-electron chi connectivity index (χ4n) is 7.16. The molecular weight excluding hydrogens is 733 g/mol. The molecule has 0 saturated heterocycles. The van der Waals surface area contributed by atoms with Crippen molar-refractivity contribution in [2.45, 2.75) is 258 Å². The molecule has 1 atom stereocenters. The Morgan fingerprint density at radius 3 is 1.03 bits per heavy atom. The third-order valence-corrected chi connectivity index (χ3v) is 10.9. The highest BCUT2D eigenvalue weighted by molar-refractivity contribution is 5.71. The number of carbonyl (C=O) groups excluding carboxylic acids is 3. The molecule has 342 valence electrons. The predicted molar refractivity (Wildman–Crippen MR) is 252 cm³/mol. The molecule has 0 rings (SSSR count). The number of hydrogen-bond donors (Lipinski definition) is 0. The first-order valence-electron chi connectivity index (χ1n) is 25.2. The van der Waals surface area contributed by atoms with Gasteiger partial charge in [-0.2, -0.15) is 0 Å². The minimum atomic E-state index is -0.777. The number of esters is 3. The van der Waals surface area contributed by atoms with Gasteiger partial charge in [0.1, 0.15) is 13.2 Å². The van der Waals surface area contributed by atoms with Gasteiger partial charge in [-0.15, -0.1) is 0 Å². The van der Waals surface area contributed by atoms with Crippen LogP contribution < -0.4 is 0 Å². The summed E-state index contributed by atoms with van der Waals surface area (Å²) in [7, 11) is 0. The molecule has 0 aromatic heterocycles. The van der Waals surface area contributed by atoms with E-state index in [9.17, 15) is 14.4 Å². The molecule has 6 nitrogen and oxygen atoms in total. The summed E-state index contributed by atoms with van der Waals surface area (Å²) in [6.07, 6.45) is 56.6. The Bertz CT molecular complexity index is 1040. The second kappa shape index (κ2) is 48.0. The number of hydrogen-bond acceptors (Lipinski definition) is 6. The molecule has 0 spiro atoms. The third-order valence-electron chi connectivity index (χ3n) is 10.9. The zero-order valence-corrected chi connectivity index (χ0v) is 39.0. The fraction of sp³-hybridized carbons (Fsp3) is 0.792. The van der Waals surface area contributed by atoms with E-state index in [1.54, 1.807) is 0 Å². The van der Waals surface area contributed by atoms with E-state index in [0.717, 1.165) is 83.5 Å². The van der Waals surface area contributed by atoms with Crippen molar-refractivity contribution < 1.29 is 28.6 Å². The van der Waals surface area contributed by atoms with Gasteiger partial charge in [0, 0.05) is 19.3 Å². The van der Waals surface area contributed by atoms with Gasteiger partial charge >= 0.3 is 17.9 Å². The lowest BCUT2D eigenvalue weighted by atomic mass is 10.0. The van der Waals surface area contributed by atoms with E-state index < -0.39 is 6.10 Å². The molecule has 0 aliphatic heterocycles. The molecule has 0 saturated carbocycles. The summed E-state index contributed by atoms with van der Waals surface area (Å²) in [6.45, 7) is 6.49. The van der Waals surface area contributed by atoms with Crippen LogP contribution in [-0.2, 0) is 28.6 Å². The van der Waals surface area contributed by atoms with Crippen molar-refractivity contribution in [3.05, 3.63) is 48.6 Å². The van der Waals surface area contributed by atoms with Gasteiger partial charge in [-0.25, -0.2) is 0 Å². The second-order valence-electron chi connectivity index (χ2n) is 16.8. The number of rotatable bonds is 45.